The highest BCUT2D eigenvalue weighted by Crippen LogP contribution is 2.58. The molecule has 0 radical (unpaired) electrons. The van der Waals surface area contributed by atoms with Gasteiger partial charge in [-0.15, -0.1) is 0 Å². The molecule has 0 aliphatic rings. The summed E-state index contributed by atoms with van der Waals surface area (Å²) in [5.74, 6) is -2.14. The minimum Gasteiger partial charge on any atom is -0.822 e. The number of benzene rings is 9. The molecule has 0 aromatic heterocycles. The SMILES string of the molecule is O=C(O)CCCC[P+](c1ccccc1)(c1ccccc1)c1ccccc1.O=C(O)CCCC[P+](c1ccccc1)(c1ccccc1)c1ccccc1.O=C(O)CCCC[P+](c1ccccc1)(c1ccccc1)c1ccccc1.O=P([O-])([O-])[O-]. The fraction of sp³-hybridized carbons (Fsp3) is 0.174. The second-order valence-corrected chi connectivity index (χ2v) is 31.4. The number of phosphoric acid groups is 1. The van der Waals surface area contributed by atoms with Crippen molar-refractivity contribution in [3.05, 3.63) is 273 Å². The third kappa shape index (κ3) is 19.4. The highest BCUT2D eigenvalue weighted by atomic mass is 31.2. The van der Waals surface area contributed by atoms with E-state index in [1.165, 1.54) is 47.7 Å². The zero-order valence-corrected chi connectivity index (χ0v) is 50.0. The van der Waals surface area contributed by atoms with Gasteiger partial charge in [0.1, 0.15) is 69.5 Å². The minimum atomic E-state index is -5.39. The number of aliphatic carboxylic acids is 3. The summed E-state index contributed by atoms with van der Waals surface area (Å²) < 4.78 is 8.55. The summed E-state index contributed by atoms with van der Waals surface area (Å²) in [5, 5.41) is 39.2. The van der Waals surface area contributed by atoms with Crippen molar-refractivity contribution in [3.8, 4) is 0 Å². The Labute approximate surface area is 490 Å². The van der Waals surface area contributed by atoms with Gasteiger partial charge in [0, 0.05) is 19.3 Å². The van der Waals surface area contributed by atoms with Crippen molar-refractivity contribution in [1.29, 1.82) is 0 Å². The number of carboxylic acid groups (broad SMARTS) is 3. The van der Waals surface area contributed by atoms with Gasteiger partial charge in [0.25, 0.3) is 0 Å². The van der Waals surface area contributed by atoms with E-state index in [4.69, 9.17) is 34.6 Å². The van der Waals surface area contributed by atoms with E-state index >= 15 is 0 Å². The summed E-state index contributed by atoms with van der Waals surface area (Å²) in [6.45, 7) is 0. The summed E-state index contributed by atoms with van der Waals surface area (Å²) in [6.07, 6.45) is 8.50. The first-order valence-corrected chi connectivity index (χ1v) is 35.1. The summed E-state index contributed by atoms with van der Waals surface area (Å²) in [6, 6.07) is 96.5. The molecule has 0 saturated heterocycles. The quantitative estimate of drug-likeness (QED) is 0.0387. The molecule has 14 heteroatoms. The Balaban J connectivity index is 0.000000192. The molecule has 0 spiro atoms. The van der Waals surface area contributed by atoms with E-state index < -0.39 is 47.5 Å². The van der Waals surface area contributed by atoms with Crippen LogP contribution in [0.2, 0.25) is 0 Å². The van der Waals surface area contributed by atoms with Crippen LogP contribution in [0.4, 0.5) is 0 Å². The van der Waals surface area contributed by atoms with Crippen molar-refractivity contribution >= 4 is 95.3 Å². The van der Waals surface area contributed by atoms with Gasteiger partial charge in [0.2, 0.25) is 0 Å². The molecular formula is C69H72O10P4. The molecule has 0 amide bonds. The number of unbranched alkanes of at least 4 members (excludes halogenated alkanes) is 3. The minimum absolute atomic E-state index is 0.234. The first kappa shape index (κ1) is 65.0. The zero-order valence-electron chi connectivity index (χ0n) is 46.5. The van der Waals surface area contributed by atoms with E-state index in [0.717, 1.165) is 37.7 Å². The Bertz CT molecular complexity index is 2690. The molecule has 0 saturated carbocycles. The standard InChI is InChI=1S/3C23H23O2P.H3O4P/c3*24-23(25)18-10-11-19-26(20-12-4-1-5-13-20,21-14-6-2-7-15-21)22-16-8-3-9-17-22;1-5(2,3)4/h3*1-9,12-17H,10-11,18-19H2;(H3,1,2,3,4). The van der Waals surface area contributed by atoms with Crippen LogP contribution in [-0.2, 0) is 18.9 Å². The molecule has 0 aliphatic heterocycles. The van der Waals surface area contributed by atoms with Gasteiger partial charge in [-0.3, -0.25) is 14.4 Å². The first-order chi connectivity index (χ1) is 40.2. The Morgan fingerprint density at radius 1 is 0.265 bits per heavy atom. The predicted octanol–water partition coefficient (Wildman–Crippen LogP) is 9.88. The smallest absolute Gasteiger partial charge is 0.303 e. The van der Waals surface area contributed by atoms with E-state index in [-0.39, 0.29) is 19.3 Å². The van der Waals surface area contributed by atoms with Crippen LogP contribution in [0.25, 0.3) is 0 Å². The lowest BCUT2D eigenvalue weighted by Gasteiger charge is -2.36. The summed E-state index contributed by atoms with van der Waals surface area (Å²) in [4.78, 5) is 58.5. The fourth-order valence-corrected chi connectivity index (χ4v) is 23.8. The van der Waals surface area contributed by atoms with Crippen LogP contribution in [0.3, 0.4) is 0 Å². The van der Waals surface area contributed by atoms with Gasteiger partial charge in [-0.1, -0.05) is 164 Å². The maximum atomic E-state index is 10.9. The van der Waals surface area contributed by atoms with Crippen molar-refractivity contribution in [3.63, 3.8) is 0 Å². The number of hydrogen-bond donors (Lipinski definition) is 3. The van der Waals surface area contributed by atoms with Crippen LogP contribution in [0.1, 0.15) is 57.8 Å². The molecule has 9 aromatic rings. The average molecular weight is 1190 g/mol. The van der Waals surface area contributed by atoms with Crippen LogP contribution in [0.5, 0.6) is 0 Å². The first-order valence-electron chi connectivity index (χ1n) is 27.7. The molecule has 9 rings (SSSR count). The molecular weight excluding hydrogens is 1110 g/mol. The molecule has 0 atom stereocenters. The highest BCUT2D eigenvalue weighted by molar-refractivity contribution is 7.96. The molecule has 9 aromatic carbocycles. The normalized spacial score (nSPS) is 11.3. The van der Waals surface area contributed by atoms with Crippen molar-refractivity contribution in [2.24, 2.45) is 0 Å². The second-order valence-electron chi connectivity index (χ2n) is 19.6. The molecule has 0 aliphatic carbocycles. The molecule has 0 bridgehead atoms. The number of carboxylic acids is 3. The Morgan fingerprint density at radius 2 is 0.386 bits per heavy atom. The van der Waals surface area contributed by atoms with Gasteiger partial charge < -0.3 is 34.6 Å². The second kappa shape index (κ2) is 33.8. The number of rotatable bonds is 24. The Kier molecular flexibility index (Phi) is 26.4. The maximum Gasteiger partial charge on any atom is 0.303 e. The van der Waals surface area contributed by atoms with Crippen molar-refractivity contribution in [2.75, 3.05) is 18.5 Å². The van der Waals surface area contributed by atoms with Crippen LogP contribution in [-0.4, -0.2) is 51.7 Å². The average Bonchev–Trinajstić information content (AvgIpc) is 3.58. The maximum absolute atomic E-state index is 10.9. The van der Waals surface area contributed by atoms with E-state index in [9.17, 15) is 14.4 Å². The Morgan fingerprint density at radius 3 is 0.494 bits per heavy atom. The molecule has 428 valence electrons. The van der Waals surface area contributed by atoms with Gasteiger partial charge in [-0.05, 0) is 148 Å². The zero-order chi connectivity index (χ0) is 59.2. The van der Waals surface area contributed by atoms with Gasteiger partial charge in [0.05, 0.1) is 18.5 Å². The lowest BCUT2D eigenvalue weighted by Crippen LogP contribution is -2.33. The highest BCUT2D eigenvalue weighted by Gasteiger charge is 2.47. The van der Waals surface area contributed by atoms with Crippen molar-refractivity contribution < 1.29 is 48.9 Å². The molecule has 83 heavy (non-hydrogen) atoms. The largest absolute Gasteiger partial charge is 0.822 e. The van der Waals surface area contributed by atoms with Crippen LogP contribution in [0, 0.1) is 0 Å². The van der Waals surface area contributed by atoms with Crippen LogP contribution in [0.15, 0.2) is 273 Å². The number of hydrogen-bond acceptors (Lipinski definition) is 7. The summed E-state index contributed by atoms with van der Waals surface area (Å²) >= 11 is 0. The lowest BCUT2D eigenvalue weighted by atomic mass is 10.2. The summed E-state index contributed by atoms with van der Waals surface area (Å²) in [7, 11) is -10.8. The molecule has 0 unspecified atom stereocenters. The van der Waals surface area contributed by atoms with E-state index in [2.05, 4.69) is 273 Å². The third-order valence-corrected chi connectivity index (χ3v) is 27.8. The monoisotopic (exact) mass is 1180 g/mol. The van der Waals surface area contributed by atoms with Crippen LogP contribution >= 0.6 is 29.6 Å². The van der Waals surface area contributed by atoms with E-state index in [0.29, 0.717) is 19.3 Å². The molecule has 3 N–H and O–H groups in total. The lowest BCUT2D eigenvalue weighted by molar-refractivity contribution is -0.432. The number of carbonyl (C=O) groups is 3. The summed E-state index contributed by atoms with van der Waals surface area (Å²) in [5.41, 5.74) is 0. The fourth-order valence-electron chi connectivity index (χ4n) is 10.5. The van der Waals surface area contributed by atoms with E-state index in [1.54, 1.807) is 0 Å². The van der Waals surface area contributed by atoms with Gasteiger partial charge in [0.15, 0.2) is 0 Å². The molecule has 0 fully saturated rings. The van der Waals surface area contributed by atoms with Gasteiger partial charge >= 0.3 is 17.9 Å². The topological polar surface area (TPSA) is 198 Å². The molecule has 10 nitrogen and oxygen atoms in total. The Hall–Kier alpha value is -7.21. The third-order valence-electron chi connectivity index (χ3n) is 14.2. The van der Waals surface area contributed by atoms with Crippen molar-refractivity contribution in [1.82, 2.24) is 0 Å². The van der Waals surface area contributed by atoms with Gasteiger partial charge in [-0.25, -0.2) is 0 Å². The predicted molar refractivity (Wildman–Crippen MR) is 342 cm³/mol. The van der Waals surface area contributed by atoms with Gasteiger partial charge in [-0.2, -0.15) is 7.82 Å². The van der Waals surface area contributed by atoms with Crippen molar-refractivity contribution in [2.45, 2.75) is 57.8 Å². The van der Waals surface area contributed by atoms with E-state index in [1.807, 2.05) is 0 Å². The van der Waals surface area contributed by atoms with Crippen LogP contribution < -0.4 is 62.4 Å². The molecule has 0 heterocycles.